The van der Waals surface area contributed by atoms with Crippen molar-refractivity contribution in [3.05, 3.63) is 59.2 Å². The van der Waals surface area contributed by atoms with E-state index >= 15 is 0 Å². The molecule has 2 aromatic carbocycles. The predicted octanol–water partition coefficient (Wildman–Crippen LogP) is 3.57. The average molecular weight is 366 g/mol. The Balaban J connectivity index is 1.93. The summed E-state index contributed by atoms with van der Waals surface area (Å²) in [4.78, 5) is 0. The minimum Gasteiger partial charge on any atom is -0.320 e. The largest absolute Gasteiger partial charge is 0.416 e. The van der Waals surface area contributed by atoms with Crippen LogP contribution >= 0.6 is 0 Å². The second kappa shape index (κ2) is 6.40. The van der Waals surface area contributed by atoms with Crippen LogP contribution in [0.2, 0.25) is 0 Å². The summed E-state index contributed by atoms with van der Waals surface area (Å²) in [5.41, 5.74) is -1.51. The molecule has 3 rings (SSSR count). The first-order valence-electron chi connectivity index (χ1n) is 6.92. The molecule has 6 nitrogen and oxygen atoms in total. The van der Waals surface area contributed by atoms with Gasteiger partial charge in [-0.2, -0.15) is 23.1 Å². The van der Waals surface area contributed by atoms with Crippen LogP contribution in [0.25, 0.3) is 5.69 Å². The van der Waals surface area contributed by atoms with Crippen LogP contribution in [0.4, 0.5) is 33.6 Å². The van der Waals surface area contributed by atoms with Crippen LogP contribution in [0.1, 0.15) is 11.1 Å². The zero-order valence-electron chi connectivity index (χ0n) is 12.6. The number of benzene rings is 2. The Morgan fingerprint density at radius 2 is 1.73 bits per heavy atom. The summed E-state index contributed by atoms with van der Waals surface area (Å²) in [5.74, 6) is -2.04. The molecule has 0 unspecified atom stereocenters. The summed E-state index contributed by atoms with van der Waals surface area (Å²) < 4.78 is 66.4. The van der Waals surface area contributed by atoms with E-state index in [1.807, 2.05) is 0 Å². The maximum absolute atomic E-state index is 13.9. The highest BCUT2D eigenvalue weighted by Crippen LogP contribution is 2.30. The third-order valence-corrected chi connectivity index (χ3v) is 3.33. The summed E-state index contributed by atoms with van der Waals surface area (Å²) >= 11 is 0. The van der Waals surface area contributed by atoms with E-state index in [2.05, 4.69) is 20.8 Å². The highest BCUT2D eigenvalue weighted by atomic mass is 19.4. The second-order valence-corrected chi connectivity index (χ2v) is 5.01. The molecule has 1 aromatic heterocycles. The van der Waals surface area contributed by atoms with Crippen molar-refractivity contribution in [1.29, 1.82) is 5.26 Å². The van der Waals surface area contributed by atoms with Crippen molar-refractivity contribution in [3.63, 3.8) is 0 Å². The van der Waals surface area contributed by atoms with Gasteiger partial charge in [0.1, 0.15) is 17.7 Å². The molecule has 0 amide bonds. The Morgan fingerprint density at radius 1 is 1.04 bits per heavy atom. The summed E-state index contributed by atoms with van der Waals surface area (Å²) in [6.07, 6.45) is -4.50. The SMILES string of the molecule is N#Cc1cc(F)c(Nc2nnnn2-c2ccc(C(F)(F)F)cc2)cc1F. The molecule has 0 atom stereocenters. The molecule has 0 radical (unpaired) electrons. The van der Waals surface area contributed by atoms with Gasteiger partial charge in [0, 0.05) is 6.07 Å². The number of rotatable bonds is 3. The summed E-state index contributed by atoms with van der Waals surface area (Å²) in [6.45, 7) is 0. The molecule has 0 saturated carbocycles. The molecule has 0 fully saturated rings. The number of hydrogen-bond donors (Lipinski definition) is 1. The van der Waals surface area contributed by atoms with Gasteiger partial charge in [-0.3, -0.25) is 0 Å². The van der Waals surface area contributed by atoms with E-state index in [4.69, 9.17) is 5.26 Å². The zero-order chi connectivity index (χ0) is 18.9. The maximum Gasteiger partial charge on any atom is 0.416 e. The number of nitrogens with zero attached hydrogens (tertiary/aromatic N) is 5. The van der Waals surface area contributed by atoms with E-state index in [-0.39, 0.29) is 17.3 Å². The number of tetrazole rings is 1. The molecule has 0 aliphatic rings. The maximum atomic E-state index is 13.9. The van der Waals surface area contributed by atoms with Gasteiger partial charge < -0.3 is 5.32 Å². The monoisotopic (exact) mass is 366 g/mol. The van der Waals surface area contributed by atoms with E-state index in [0.29, 0.717) is 6.07 Å². The number of nitrogens with one attached hydrogen (secondary N) is 1. The van der Waals surface area contributed by atoms with Gasteiger partial charge in [-0.15, -0.1) is 0 Å². The summed E-state index contributed by atoms with van der Waals surface area (Å²) in [5, 5.41) is 21.7. The lowest BCUT2D eigenvalue weighted by molar-refractivity contribution is -0.137. The van der Waals surface area contributed by atoms with Crippen molar-refractivity contribution in [1.82, 2.24) is 20.2 Å². The molecule has 0 aliphatic heterocycles. The van der Waals surface area contributed by atoms with Gasteiger partial charge in [0.25, 0.3) is 5.95 Å². The standard InChI is InChI=1S/C15H7F5N6/c16-11-6-13(12(17)5-8(11)7-21)22-14-23-24-25-26(14)10-3-1-9(2-4-10)15(18,19)20/h1-6H,(H,22,23,25). The quantitative estimate of drug-likeness (QED) is 0.717. The van der Waals surface area contributed by atoms with Crippen molar-refractivity contribution in [2.75, 3.05) is 5.32 Å². The number of nitriles is 1. The number of alkyl halides is 3. The van der Waals surface area contributed by atoms with Gasteiger partial charge in [0.15, 0.2) is 0 Å². The molecule has 26 heavy (non-hydrogen) atoms. The Morgan fingerprint density at radius 3 is 2.35 bits per heavy atom. The number of halogens is 5. The van der Waals surface area contributed by atoms with Gasteiger partial charge in [0.2, 0.25) is 0 Å². The minimum absolute atomic E-state index is 0.159. The van der Waals surface area contributed by atoms with Crippen molar-refractivity contribution < 1.29 is 22.0 Å². The Hall–Kier alpha value is -3.55. The van der Waals surface area contributed by atoms with Crippen molar-refractivity contribution in [3.8, 4) is 11.8 Å². The molecule has 132 valence electrons. The number of anilines is 2. The van der Waals surface area contributed by atoms with Crippen molar-refractivity contribution in [2.45, 2.75) is 6.18 Å². The first-order valence-corrected chi connectivity index (χ1v) is 6.92. The summed E-state index contributed by atoms with van der Waals surface area (Å²) in [6, 6.07) is 6.87. The van der Waals surface area contributed by atoms with Gasteiger partial charge in [-0.05, 0) is 40.8 Å². The number of aromatic nitrogens is 4. The van der Waals surface area contributed by atoms with Gasteiger partial charge in [-0.1, -0.05) is 5.10 Å². The van der Waals surface area contributed by atoms with Crippen LogP contribution in [0, 0.1) is 23.0 Å². The highest BCUT2D eigenvalue weighted by molar-refractivity contribution is 5.57. The molecular weight excluding hydrogens is 359 g/mol. The molecule has 3 aromatic rings. The molecule has 0 saturated heterocycles. The molecule has 11 heteroatoms. The van der Waals surface area contributed by atoms with E-state index in [1.54, 1.807) is 0 Å². The third kappa shape index (κ3) is 3.30. The first-order chi connectivity index (χ1) is 12.3. The molecule has 0 aliphatic carbocycles. The van der Waals surface area contributed by atoms with E-state index < -0.39 is 28.9 Å². The Labute approximate surface area is 142 Å². The van der Waals surface area contributed by atoms with Crippen LogP contribution in [0.3, 0.4) is 0 Å². The fourth-order valence-corrected chi connectivity index (χ4v) is 2.08. The lowest BCUT2D eigenvalue weighted by atomic mass is 10.2. The molecule has 1 heterocycles. The van der Waals surface area contributed by atoms with Gasteiger partial charge >= 0.3 is 6.18 Å². The smallest absolute Gasteiger partial charge is 0.320 e. The lowest BCUT2D eigenvalue weighted by Gasteiger charge is -2.10. The molecule has 0 spiro atoms. The summed E-state index contributed by atoms with van der Waals surface area (Å²) in [7, 11) is 0. The van der Waals surface area contributed by atoms with Crippen LogP contribution in [-0.2, 0) is 6.18 Å². The first kappa shape index (κ1) is 17.3. The van der Waals surface area contributed by atoms with Gasteiger partial charge in [0.05, 0.1) is 22.5 Å². The van der Waals surface area contributed by atoms with Crippen molar-refractivity contribution >= 4 is 11.6 Å². The Kier molecular flexibility index (Phi) is 4.25. The normalized spacial score (nSPS) is 11.2. The fraction of sp³-hybridized carbons (Fsp3) is 0.0667. The molecular formula is C15H7F5N6. The third-order valence-electron chi connectivity index (χ3n) is 3.33. The fourth-order valence-electron chi connectivity index (χ4n) is 2.08. The molecule has 0 bridgehead atoms. The number of hydrogen-bond acceptors (Lipinski definition) is 5. The second-order valence-electron chi connectivity index (χ2n) is 5.01. The lowest BCUT2D eigenvalue weighted by Crippen LogP contribution is -2.07. The van der Waals surface area contributed by atoms with E-state index in [9.17, 15) is 22.0 Å². The highest BCUT2D eigenvalue weighted by Gasteiger charge is 2.30. The average Bonchev–Trinajstić information content (AvgIpc) is 3.05. The van der Waals surface area contributed by atoms with Crippen LogP contribution in [0.5, 0.6) is 0 Å². The van der Waals surface area contributed by atoms with Gasteiger partial charge in [-0.25, -0.2) is 8.78 Å². The van der Waals surface area contributed by atoms with E-state index in [1.165, 1.54) is 6.07 Å². The Bertz CT molecular complexity index is 987. The zero-order valence-corrected chi connectivity index (χ0v) is 12.6. The minimum atomic E-state index is -4.50. The van der Waals surface area contributed by atoms with Crippen LogP contribution in [0.15, 0.2) is 36.4 Å². The van der Waals surface area contributed by atoms with E-state index in [0.717, 1.165) is 35.0 Å². The van der Waals surface area contributed by atoms with Crippen LogP contribution < -0.4 is 5.32 Å². The van der Waals surface area contributed by atoms with Crippen LogP contribution in [-0.4, -0.2) is 20.2 Å². The molecule has 1 N–H and O–H groups in total. The topological polar surface area (TPSA) is 79.4 Å². The predicted molar refractivity (Wildman–Crippen MR) is 78.5 cm³/mol. The van der Waals surface area contributed by atoms with Crippen molar-refractivity contribution in [2.24, 2.45) is 0 Å².